The van der Waals surface area contributed by atoms with Gasteiger partial charge in [-0.1, -0.05) is 48.0 Å². The largest absolute Gasteiger partial charge is 0.344 e. The number of rotatable bonds is 5. The summed E-state index contributed by atoms with van der Waals surface area (Å²) < 4.78 is 0. The van der Waals surface area contributed by atoms with Gasteiger partial charge in [-0.3, -0.25) is 15.0 Å². The number of imide groups is 1. The molecule has 1 saturated heterocycles. The number of amides is 4. The van der Waals surface area contributed by atoms with E-state index in [9.17, 15) is 14.4 Å². The Bertz CT molecular complexity index is 922. The van der Waals surface area contributed by atoms with E-state index in [0.29, 0.717) is 5.56 Å². The van der Waals surface area contributed by atoms with Gasteiger partial charge in [0.25, 0.3) is 5.91 Å². The predicted octanol–water partition coefficient (Wildman–Crippen LogP) is 3.20. The summed E-state index contributed by atoms with van der Waals surface area (Å²) in [4.78, 5) is 38.5. The molecule has 1 atom stereocenters. The Labute approximate surface area is 168 Å². The van der Waals surface area contributed by atoms with E-state index in [-0.39, 0.29) is 5.75 Å². The maximum absolute atomic E-state index is 12.8. The molecule has 7 heteroatoms. The molecule has 0 saturated carbocycles. The maximum Gasteiger partial charge on any atom is 0.344 e. The molecule has 0 radical (unpaired) electrons. The molecule has 1 heterocycles. The molecule has 4 amide bonds. The van der Waals surface area contributed by atoms with Crippen molar-refractivity contribution in [1.82, 2.24) is 15.8 Å². The van der Waals surface area contributed by atoms with Crippen molar-refractivity contribution in [3.05, 3.63) is 64.7 Å². The van der Waals surface area contributed by atoms with Crippen molar-refractivity contribution in [1.29, 1.82) is 0 Å². The summed E-state index contributed by atoms with van der Waals surface area (Å²) in [5.74, 6) is -0.820. The molecule has 0 bridgehead atoms. The van der Waals surface area contributed by atoms with Crippen LogP contribution in [0.5, 0.6) is 0 Å². The molecule has 2 N–H and O–H groups in total. The van der Waals surface area contributed by atoms with Crippen molar-refractivity contribution in [3.8, 4) is 0 Å². The fourth-order valence-corrected chi connectivity index (χ4v) is 4.31. The summed E-state index contributed by atoms with van der Waals surface area (Å²) in [6, 6.07) is 12.4. The normalized spacial score (nSPS) is 18.9. The lowest BCUT2D eigenvalue weighted by molar-refractivity contribution is -0.138. The van der Waals surface area contributed by atoms with E-state index >= 15 is 0 Å². The molecule has 6 nitrogen and oxygen atoms in total. The summed E-state index contributed by atoms with van der Waals surface area (Å²) in [7, 11) is 0. The Morgan fingerprint density at radius 1 is 1.11 bits per heavy atom. The smallest absolute Gasteiger partial charge is 0.318 e. The Morgan fingerprint density at radius 3 is 2.32 bits per heavy atom. The molecule has 3 rings (SSSR count). The van der Waals surface area contributed by atoms with Crippen LogP contribution in [-0.2, 0) is 15.1 Å². The standard InChI is InChI=1S/C21H23N3O3S/c1-13-10-14(2)18(15(3)11-13)28-12-17(25)23-24-19(26)21(4,22-20(24)27)16-8-6-5-7-9-16/h5-11H,12H2,1-4H3,(H,22,27)(H,23,25). The average molecular weight is 398 g/mol. The molecular weight excluding hydrogens is 374 g/mol. The molecule has 2 aromatic rings. The Hall–Kier alpha value is -2.80. The first-order valence-electron chi connectivity index (χ1n) is 8.94. The monoisotopic (exact) mass is 397 g/mol. The predicted molar refractivity (Wildman–Crippen MR) is 109 cm³/mol. The van der Waals surface area contributed by atoms with Gasteiger partial charge in [0.05, 0.1) is 5.75 Å². The van der Waals surface area contributed by atoms with Gasteiger partial charge in [0.15, 0.2) is 0 Å². The Balaban J connectivity index is 1.68. The summed E-state index contributed by atoms with van der Waals surface area (Å²) >= 11 is 1.39. The fraction of sp³-hybridized carbons (Fsp3) is 0.286. The van der Waals surface area contributed by atoms with E-state index in [1.807, 2.05) is 26.8 Å². The van der Waals surface area contributed by atoms with Gasteiger partial charge in [0.2, 0.25) is 5.91 Å². The molecule has 2 aromatic carbocycles. The van der Waals surface area contributed by atoms with Crippen LogP contribution in [0, 0.1) is 20.8 Å². The zero-order valence-corrected chi connectivity index (χ0v) is 17.1. The van der Waals surface area contributed by atoms with Crippen molar-refractivity contribution in [3.63, 3.8) is 0 Å². The number of thioether (sulfide) groups is 1. The molecule has 0 aromatic heterocycles. The third-order valence-corrected chi connectivity index (χ3v) is 6.07. The SMILES string of the molecule is Cc1cc(C)c(SCC(=O)NN2C(=O)NC(C)(c3ccccc3)C2=O)c(C)c1. The van der Waals surface area contributed by atoms with Crippen LogP contribution >= 0.6 is 11.8 Å². The molecule has 1 fully saturated rings. The van der Waals surface area contributed by atoms with Gasteiger partial charge in [0, 0.05) is 4.90 Å². The van der Waals surface area contributed by atoms with Crippen LogP contribution in [0.25, 0.3) is 0 Å². The molecule has 1 unspecified atom stereocenters. The van der Waals surface area contributed by atoms with Gasteiger partial charge in [-0.05, 0) is 44.4 Å². The summed E-state index contributed by atoms with van der Waals surface area (Å²) in [5, 5.41) is 3.43. The number of carbonyl (C=O) groups is 3. The van der Waals surface area contributed by atoms with Gasteiger partial charge in [-0.25, -0.2) is 4.79 Å². The number of benzene rings is 2. The van der Waals surface area contributed by atoms with E-state index in [2.05, 4.69) is 22.9 Å². The van der Waals surface area contributed by atoms with Gasteiger partial charge in [-0.15, -0.1) is 11.8 Å². The van der Waals surface area contributed by atoms with Crippen molar-refractivity contribution in [2.75, 3.05) is 5.75 Å². The second kappa shape index (κ2) is 7.67. The highest BCUT2D eigenvalue weighted by Crippen LogP contribution is 2.29. The molecule has 28 heavy (non-hydrogen) atoms. The second-order valence-corrected chi connectivity index (χ2v) is 8.10. The molecule has 0 aliphatic carbocycles. The lowest BCUT2D eigenvalue weighted by atomic mass is 9.92. The average Bonchev–Trinajstić information content (AvgIpc) is 2.86. The van der Waals surface area contributed by atoms with Gasteiger partial charge >= 0.3 is 6.03 Å². The van der Waals surface area contributed by atoms with Crippen LogP contribution in [0.4, 0.5) is 4.79 Å². The van der Waals surface area contributed by atoms with E-state index < -0.39 is 23.4 Å². The molecule has 0 spiro atoms. The zero-order chi connectivity index (χ0) is 20.5. The zero-order valence-electron chi connectivity index (χ0n) is 16.3. The van der Waals surface area contributed by atoms with Crippen molar-refractivity contribution in [2.24, 2.45) is 0 Å². The summed E-state index contributed by atoms with van der Waals surface area (Å²) in [6.07, 6.45) is 0. The third-order valence-electron chi connectivity index (χ3n) is 4.73. The van der Waals surface area contributed by atoms with Crippen molar-refractivity contribution < 1.29 is 14.4 Å². The van der Waals surface area contributed by atoms with Crippen molar-refractivity contribution >= 4 is 29.6 Å². The van der Waals surface area contributed by atoms with Crippen LogP contribution in [0.15, 0.2) is 47.4 Å². The Morgan fingerprint density at radius 2 is 1.71 bits per heavy atom. The maximum atomic E-state index is 12.8. The van der Waals surface area contributed by atoms with Crippen molar-refractivity contribution in [2.45, 2.75) is 38.1 Å². The molecule has 1 aliphatic rings. The molecule has 146 valence electrons. The minimum atomic E-state index is -1.21. The number of nitrogens with one attached hydrogen (secondary N) is 2. The number of hydrogen-bond acceptors (Lipinski definition) is 4. The number of aryl methyl sites for hydroxylation is 3. The molecule has 1 aliphatic heterocycles. The number of nitrogens with zero attached hydrogens (tertiary/aromatic N) is 1. The van der Waals surface area contributed by atoms with Gasteiger partial charge in [0.1, 0.15) is 5.54 Å². The number of urea groups is 1. The highest BCUT2D eigenvalue weighted by Gasteiger charge is 2.49. The number of carbonyl (C=O) groups excluding carboxylic acids is 3. The quantitative estimate of drug-likeness (QED) is 0.600. The van der Waals surface area contributed by atoms with Crippen LogP contribution in [0.1, 0.15) is 29.2 Å². The second-order valence-electron chi connectivity index (χ2n) is 7.11. The number of hydrogen-bond donors (Lipinski definition) is 2. The Kier molecular flexibility index (Phi) is 5.47. The summed E-state index contributed by atoms with van der Waals surface area (Å²) in [6.45, 7) is 7.66. The number of hydrazine groups is 1. The van der Waals surface area contributed by atoms with Gasteiger partial charge in [-0.2, -0.15) is 5.01 Å². The van der Waals surface area contributed by atoms with E-state index in [4.69, 9.17) is 0 Å². The first-order chi connectivity index (χ1) is 13.2. The van der Waals surface area contributed by atoms with Crippen LogP contribution in [0.3, 0.4) is 0 Å². The minimum absolute atomic E-state index is 0.101. The fourth-order valence-electron chi connectivity index (χ4n) is 3.40. The minimum Gasteiger partial charge on any atom is -0.318 e. The first-order valence-corrected chi connectivity index (χ1v) is 9.93. The van der Waals surface area contributed by atoms with Crippen LogP contribution in [0.2, 0.25) is 0 Å². The topological polar surface area (TPSA) is 78.5 Å². The van der Waals surface area contributed by atoms with E-state index in [1.54, 1.807) is 31.2 Å². The van der Waals surface area contributed by atoms with Gasteiger partial charge < -0.3 is 5.32 Å². The highest BCUT2D eigenvalue weighted by atomic mass is 32.2. The van der Waals surface area contributed by atoms with E-state index in [0.717, 1.165) is 21.0 Å². The lowest BCUT2D eigenvalue weighted by Gasteiger charge is -2.22. The van der Waals surface area contributed by atoms with E-state index in [1.165, 1.54) is 17.3 Å². The highest BCUT2D eigenvalue weighted by molar-refractivity contribution is 8.00. The summed E-state index contributed by atoms with van der Waals surface area (Å²) in [5.41, 5.74) is 5.26. The molecular formula is C21H23N3O3S. The van der Waals surface area contributed by atoms with Crippen LogP contribution < -0.4 is 10.7 Å². The first kappa shape index (κ1) is 19.9. The third kappa shape index (κ3) is 3.75. The van der Waals surface area contributed by atoms with Crippen LogP contribution in [-0.4, -0.2) is 28.6 Å². The lowest BCUT2D eigenvalue weighted by Crippen LogP contribution is -2.48.